The van der Waals surface area contributed by atoms with Gasteiger partial charge in [0.2, 0.25) is 5.13 Å². The number of aromatic nitrogens is 2. The topological polar surface area (TPSA) is 61.7 Å². The van der Waals surface area contributed by atoms with Crippen molar-refractivity contribution < 1.29 is 4.79 Å². The van der Waals surface area contributed by atoms with E-state index in [0.29, 0.717) is 11.7 Å². The normalized spacial score (nSPS) is 17.6. The third-order valence-electron chi connectivity index (χ3n) is 3.06. The Morgan fingerprint density at radius 1 is 1.30 bits per heavy atom. The van der Waals surface area contributed by atoms with E-state index in [1.54, 1.807) is 4.90 Å². The number of anilines is 1. The lowest BCUT2D eigenvalue weighted by atomic mass is 10.3. The Kier molecular flexibility index (Phi) is 5.05. The monoisotopic (exact) mass is 295 g/mol. The van der Waals surface area contributed by atoms with E-state index in [-0.39, 0.29) is 6.03 Å². The maximum Gasteiger partial charge on any atom is 0.332 e. The minimum atomic E-state index is -0.0237. The van der Waals surface area contributed by atoms with E-state index in [0.717, 1.165) is 43.2 Å². The molecule has 2 rings (SSSR count). The van der Waals surface area contributed by atoms with Crippen molar-refractivity contribution in [2.45, 2.75) is 40.0 Å². The first kappa shape index (κ1) is 14.9. The molecule has 0 radical (unpaired) electrons. The molecule has 2 amide bonds. The number of urea groups is 1. The van der Waals surface area contributed by atoms with Crippen LogP contribution in [0.4, 0.5) is 9.93 Å². The second-order valence-electron chi connectivity index (χ2n) is 4.79. The van der Waals surface area contributed by atoms with Gasteiger partial charge in [0, 0.05) is 13.1 Å². The first-order valence-electron chi connectivity index (χ1n) is 7.09. The van der Waals surface area contributed by atoms with Crippen LogP contribution in [0.1, 0.15) is 38.1 Å². The number of amidine groups is 1. The highest BCUT2D eigenvalue weighted by molar-refractivity contribution is 7.15. The molecule has 1 aliphatic rings. The largest absolute Gasteiger partial charge is 0.332 e. The lowest BCUT2D eigenvalue weighted by Crippen LogP contribution is -2.33. The first-order valence-corrected chi connectivity index (χ1v) is 7.91. The lowest BCUT2D eigenvalue weighted by Gasteiger charge is -2.14. The number of aliphatic imine (C=N–C) groups is 1. The summed E-state index contributed by atoms with van der Waals surface area (Å²) in [5.41, 5.74) is 0. The van der Waals surface area contributed by atoms with Gasteiger partial charge < -0.3 is 4.90 Å². The van der Waals surface area contributed by atoms with Crippen LogP contribution in [0.25, 0.3) is 0 Å². The highest BCUT2D eigenvalue weighted by atomic mass is 32.1. The highest BCUT2D eigenvalue weighted by Crippen LogP contribution is 2.25. The summed E-state index contributed by atoms with van der Waals surface area (Å²) in [5.74, 6) is 0.795. The van der Waals surface area contributed by atoms with Crippen molar-refractivity contribution in [2.75, 3.05) is 24.5 Å². The van der Waals surface area contributed by atoms with E-state index in [2.05, 4.69) is 29.0 Å². The van der Waals surface area contributed by atoms with Crippen molar-refractivity contribution >= 4 is 28.3 Å². The van der Waals surface area contributed by atoms with Gasteiger partial charge in [0.25, 0.3) is 0 Å². The SMILES string of the molecule is CCCCN1CC(=NCCC)N(c2nnc(C)s2)C1=O. The van der Waals surface area contributed by atoms with Crippen molar-refractivity contribution in [3.63, 3.8) is 0 Å². The van der Waals surface area contributed by atoms with Crippen molar-refractivity contribution in [1.29, 1.82) is 0 Å². The Morgan fingerprint density at radius 2 is 2.10 bits per heavy atom. The average molecular weight is 295 g/mol. The number of aryl methyl sites for hydroxylation is 1. The van der Waals surface area contributed by atoms with Crippen LogP contribution < -0.4 is 4.90 Å². The van der Waals surface area contributed by atoms with Crippen LogP contribution in [-0.2, 0) is 0 Å². The maximum atomic E-state index is 12.5. The van der Waals surface area contributed by atoms with Crippen LogP contribution in [0, 0.1) is 6.92 Å². The standard InChI is InChI=1S/C13H21N5OS/c1-4-6-8-17-9-11(14-7-5-2)18(13(17)19)12-16-15-10(3)20-12/h4-9H2,1-3H3. The number of unbranched alkanes of at least 4 members (excludes halogenated alkanes) is 1. The summed E-state index contributed by atoms with van der Waals surface area (Å²) in [5, 5.41) is 9.57. The van der Waals surface area contributed by atoms with Crippen LogP contribution in [0.15, 0.2) is 4.99 Å². The van der Waals surface area contributed by atoms with Gasteiger partial charge in [-0.15, -0.1) is 10.2 Å². The highest BCUT2D eigenvalue weighted by Gasteiger charge is 2.36. The van der Waals surface area contributed by atoms with E-state index in [4.69, 9.17) is 0 Å². The van der Waals surface area contributed by atoms with Crippen LogP contribution in [0.3, 0.4) is 0 Å². The summed E-state index contributed by atoms with van der Waals surface area (Å²) in [6.07, 6.45) is 3.05. The van der Waals surface area contributed by atoms with Gasteiger partial charge in [-0.3, -0.25) is 4.99 Å². The zero-order valence-corrected chi connectivity index (χ0v) is 13.1. The Bertz CT molecular complexity index is 499. The molecule has 1 fully saturated rings. The molecular formula is C13H21N5OS. The smallest absolute Gasteiger partial charge is 0.316 e. The lowest BCUT2D eigenvalue weighted by molar-refractivity contribution is 0.220. The fraction of sp³-hybridized carbons (Fsp3) is 0.692. The van der Waals surface area contributed by atoms with E-state index in [1.807, 2.05) is 11.8 Å². The molecule has 2 heterocycles. The Labute approximate surface area is 123 Å². The Hall–Kier alpha value is -1.50. The number of amides is 2. The molecule has 20 heavy (non-hydrogen) atoms. The second kappa shape index (κ2) is 6.78. The molecule has 7 heteroatoms. The van der Waals surface area contributed by atoms with Crippen molar-refractivity contribution in [1.82, 2.24) is 15.1 Å². The van der Waals surface area contributed by atoms with Crippen LogP contribution in [-0.4, -0.2) is 46.6 Å². The molecule has 6 nitrogen and oxygen atoms in total. The van der Waals surface area contributed by atoms with Gasteiger partial charge in [0.05, 0.1) is 6.54 Å². The molecule has 1 aromatic heterocycles. The van der Waals surface area contributed by atoms with Crippen molar-refractivity contribution in [3.05, 3.63) is 5.01 Å². The van der Waals surface area contributed by atoms with Gasteiger partial charge in [-0.25, -0.2) is 9.69 Å². The summed E-state index contributed by atoms with van der Waals surface area (Å²) in [6.45, 7) is 8.18. The molecule has 1 aromatic rings. The second-order valence-corrected chi connectivity index (χ2v) is 5.95. The summed E-state index contributed by atoms with van der Waals surface area (Å²) in [6, 6.07) is -0.0237. The molecule has 0 saturated carbocycles. The molecule has 0 bridgehead atoms. The molecule has 0 spiro atoms. The third kappa shape index (κ3) is 3.15. The number of hydrogen-bond donors (Lipinski definition) is 0. The van der Waals surface area contributed by atoms with Crippen LogP contribution >= 0.6 is 11.3 Å². The molecule has 1 saturated heterocycles. The maximum absolute atomic E-state index is 12.5. The van der Waals surface area contributed by atoms with E-state index in [9.17, 15) is 4.79 Å². The minimum Gasteiger partial charge on any atom is -0.316 e. The van der Waals surface area contributed by atoms with Crippen LogP contribution in [0.2, 0.25) is 0 Å². The van der Waals surface area contributed by atoms with Crippen molar-refractivity contribution in [3.8, 4) is 0 Å². The molecule has 1 aliphatic heterocycles. The van der Waals surface area contributed by atoms with Gasteiger partial charge >= 0.3 is 6.03 Å². The first-order chi connectivity index (χ1) is 9.67. The number of carbonyl (C=O) groups excluding carboxylic acids is 1. The number of nitrogens with zero attached hydrogens (tertiary/aromatic N) is 5. The summed E-state index contributed by atoms with van der Waals surface area (Å²) >= 11 is 1.43. The Morgan fingerprint density at radius 3 is 2.70 bits per heavy atom. The number of carbonyl (C=O) groups is 1. The molecule has 110 valence electrons. The molecule has 0 N–H and O–H groups in total. The quantitative estimate of drug-likeness (QED) is 0.810. The molecule has 0 atom stereocenters. The van der Waals surface area contributed by atoms with Gasteiger partial charge in [-0.1, -0.05) is 31.6 Å². The summed E-state index contributed by atoms with van der Waals surface area (Å²) in [4.78, 5) is 20.5. The van der Waals surface area contributed by atoms with Crippen molar-refractivity contribution in [2.24, 2.45) is 4.99 Å². The van der Waals surface area contributed by atoms with Gasteiger partial charge in [0.15, 0.2) is 0 Å². The number of rotatable bonds is 6. The van der Waals surface area contributed by atoms with Crippen LogP contribution in [0.5, 0.6) is 0 Å². The van der Waals surface area contributed by atoms with Gasteiger partial charge in [-0.05, 0) is 19.8 Å². The van der Waals surface area contributed by atoms with E-state index < -0.39 is 0 Å². The minimum absolute atomic E-state index is 0.0237. The Balaban J connectivity index is 2.22. The average Bonchev–Trinajstić information content (AvgIpc) is 2.98. The molecule has 0 aliphatic carbocycles. The third-order valence-corrected chi connectivity index (χ3v) is 3.88. The summed E-state index contributed by atoms with van der Waals surface area (Å²) in [7, 11) is 0. The molecule has 0 aromatic carbocycles. The van der Waals surface area contributed by atoms with E-state index in [1.165, 1.54) is 11.3 Å². The van der Waals surface area contributed by atoms with Gasteiger partial charge in [-0.2, -0.15) is 0 Å². The molecular weight excluding hydrogens is 274 g/mol. The molecule has 0 unspecified atom stereocenters. The fourth-order valence-electron chi connectivity index (χ4n) is 2.01. The summed E-state index contributed by atoms with van der Waals surface area (Å²) < 4.78 is 0. The van der Waals surface area contributed by atoms with E-state index >= 15 is 0 Å². The zero-order chi connectivity index (χ0) is 14.5. The number of hydrogen-bond acceptors (Lipinski definition) is 5. The predicted molar refractivity (Wildman–Crippen MR) is 81.6 cm³/mol. The zero-order valence-electron chi connectivity index (χ0n) is 12.3. The predicted octanol–water partition coefficient (Wildman–Crippen LogP) is 2.70. The fourth-order valence-corrected chi connectivity index (χ4v) is 2.72. The van der Waals surface area contributed by atoms with Gasteiger partial charge in [0.1, 0.15) is 10.8 Å².